The molecule has 0 aliphatic rings. The van der Waals surface area contributed by atoms with E-state index >= 15 is 0 Å². The first-order valence-electron chi connectivity index (χ1n) is 2.56. The molecule has 47 valence electrons. The van der Waals surface area contributed by atoms with Crippen LogP contribution in [0.4, 0.5) is 0 Å². The number of rotatable bonds is 2. The van der Waals surface area contributed by atoms with E-state index in [1.54, 1.807) is 0 Å². The van der Waals surface area contributed by atoms with Gasteiger partial charge in [0.15, 0.2) is 0 Å². The van der Waals surface area contributed by atoms with Crippen LogP contribution in [0.25, 0.3) is 0 Å². The lowest BCUT2D eigenvalue weighted by atomic mass is 10.1. The molecular formula is C6H11O2. The molecule has 2 nitrogen and oxygen atoms in total. The van der Waals surface area contributed by atoms with Crippen molar-refractivity contribution >= 4 is 5.97 Å². The zero-order valence-electron chi connectivity index (χ0n) is 5.31. The molecule has 0 heterocycles. The molecule has 0 spiro atoms. The van der Waals surface area contributed by atoms with Gasteiger partial charge < -0.3 is 4.74 Å². The Balaban J connectivity index is 3.25. The highest BCUT2D eigenvalue weighted by Gasteiger charge is 2.01. The van der Waals surface area contributed by atoms with E-state index in [0.717, 1.165) is 0 Å². The number of ether oxygens (including phenoxy) is 1. The van der Waals surface area contributed by atoms with Crippen LogP contribution in [-0.2, 0) is 9.53 Å². The van der Waals surface area contributed by atoms with Gasteiger partial charge in [0.05, 0.1) is 7.11 Å². The molecule has 0 rings (SSSR count). The highest BCUT2D eigenvalue weighted by Crippen LogP contribution is 1.98. The van der Waals surface area contributed by atoms with Gasteiger partial charge in [0, 0.05) is 6.42 Å². The molecule has 0 aliphatic heterocycles. The van der Waals surface area contributed by atoms with Crippen LogP contribution in [0.2, 0.25) is 0 Å². The van der Waals surface area contributed by atoms with Crippen molar-refractivity contribution in [3.8, 4) is 0 Å². The summed E-state index contributed by atoms with van der Waals surface area (Å²) in [5.74, 6) is -0.0325. The van der Waals surface area contributed by atoms with Gasteiger partial charge in [-0.15, -0.1) is 0 Å². The van der Waals surface area contributed by atoms with Crippen molar-refractivity contribution in [2.24, 2.45) is 5.92 Å². The number of carbonyl (C=O) groups is 1. The number of esters is 1. The maximum absolute atomic E-state index is 10.4. The summed E-state index contributed by atoms with van der Waals surface area (Å²) in [6, 6.07) is 0. The van der Waals surface area contributed by atoms with Crippen molar-refractivity contribution in [2.75, 3.05) is 7.11 Å². The van der Waals surface area contributed by atoms with Gasteiger partial charge in [-0.05, 0) is 12.8 Å². The first-order chi connectivity index (χ1) is 3.66. The fourth-order valence-corrected chi connectivity index (χ4v) is 0.368. The molecule has 0 aromatic carbocycles. The minimum absolute atomic E-state index is 0.155. The molecule has 2 heteroatoms. The zero-order valence-corrected chi connectivity index (χ0v) is 5.31. The molecule has 1 atom stereocenters. The lowest BCUT2D eigenvalue weighted by Crippen LogP contribution is -2.03. The van der Waals surface area contributed by atoms with Crippen molar-refractivity contribution in [3.05, 3.63) is 6.92 Å². The monoisotopic (exact) mass is 115 g/mol. The first-order valence-corrected chi connectivity index (χ1v) is 2.56. The average molecular weight is 115 g/mol. The second-order valence-corrected chi connectivity index (χ2v) is 1.89. The lowest BCUT2D eigenvalue weighted by Gasteiger charge is -1.99. The van der Waals surface area contributed by atoms with E-state index in [9.17, 15) is 4.79 Å². The highest BCUT2D eigenvalue weighted by molar-refractivity contribution is 5.69. The Morgan fingerprint density at radius 3 is 2.50 bits per heavy atom. The summed E-state index contributed by atoms with van der Waals surface area (Å²) in [6.07, 6.45) is 0.413. The van der Waals surface area contributed by atoms with Gasteiger partial charge in [0.25, 0.3) is 0 Å². The third-order valence-corrected chi connectivity index (χ3v) is 0.743. The lowest BCUT2D eigenvalue weighted by molar-refractivity contribution is -0.141. The average Bonchev–Trinajstić information content (AvgIpc) is 1.65. The van der Waals surface area contributed by atoms with Crippen LogP contribution in [0.15, 0.2) is 0 Å². The van der Waals surface area contributed by atoms with E-state index in [4.69, 9.17) is 0 Å². The molecule has 0 fully saturated rings. The van der Waals surface area contributed by atoms with Crippen LogP contribution < -0.4 is 0 Å². The molecule has 0 aliphatic carbocycles. The molecule has 0 aromatic rings. The molecule has 0 N–H and O–H groups in total. The van der Waals surface area contributed by atoms with Crippen molar-refractivity contribution in [1.29, 1.82) is 0 Å². The van der Waals surface area contributed by atoms with E-state index in [0.29, 0.717) is 6.42 Å². The topological polar surface area (TPSA) is 26.3 Å². The smallest absolute Gasteiger partial charge is 0.305 e. The summed E-state index contributed by atoms with van der Waals surface area (Å²) in [5, 5.41) is 0. The van der Waals surface area contributed by atoms with Crippen molar-refractivity contribution in [3.63, 3.8) is 0 Å². The molecule has 0 bridgehead atoms. The number of hydrogen-bond donors (Lipinski definition) is 0. The zero-order chi connectivity index (χ0) is 6.57. The summed E-state index contributed by atoms with van der Waals surface area (Å²) in [7, 11) is 1.38. The summed E-state index contributed by atoms with van der Waals surface area (Å²) in [6.45, 7) is 5.50. The summed E-state index contributed by atoms with van der Waals surface area (Å²) >= 11 is 0. The maximum Gasteiger partial charge on any atom is 0.305 e. The van der Waals surface area contributed by atoms with Crippen LogP contribution in [0.5, 0.6) is 0 Å². The largest absolute Gasteiger partial charge is 0.469 e. The van der Waals surface area contributed by atoms with Crippen LogP contribution in [0, 0.1) is 12.8 Å². The SMILES string of the molecule is [CH2]C(C)CC(=O)OC. The molecule has 1 unspecified atom stereocenters. The van der Waals surface area contributed by atoms with Gasteiger partial charge in [0.1, 0.15) is 0 Å². The van der Waals surface area contributed by atoms with E-state index in [-0.39, 0.29) is 11.9 Å². The van der Waals surface area contributed by atoms with Gasteiger partial charge >= 0.3 is 5.97 Å². The molecule has 0 aromatic heterocycles. The second-order valence-electron chi connectivity index (χ2n) is 1.89. The van der Waals surface area contributed by atoms with Crippen LogP contribution in [-0.4, -0.2) is 13.1 Å². The molecule has 8 heavy (non-hydrogen) atoms. The van der Waals surface area contributed by atoms with Crippen molar-refractivity contribution in [2.45, 2.75) is 13.3 Å². The molecule has 0 saturated heterocycles. The third kappa shape index (κ3) is 3.65. The minimum atomic E-state index is -0.187. The predicted molar refractivity (Wildman–Crippen MR) is 31.2 cm³/mol. The Hall–Kier alpha value is -0.530. The normalized spacial score (nSPS) is 9.50. The van der Waals surface area contributed by atoms with Crippen molar-refractivity contribution in [1.82, 2.24) is 0 Å². The Bertz CT molecular complexity index is 76.6. The molecule has 1 radical (unpaired) electrons. The van der Waals surface area contributed by atoms with E-state index < -0.39 is 0 Å². The second kappa shape index (κ2) is 3.47. The molecular weight excluding hydrogens is 104 g/mol. The van der Waals surface area contributed by atoms with Gasteiger partial charge in [0.2, 0.25) is 0 Å². The number of hydrogen-bond acceptors (Lipinski definition) is 2. The maximum atomic E-state index is 10.4. The quantitative estimate of drug-likeness (QED) is 0.502. The Morgan fingerprint density at radius 2 is 2.38 bits per heavy atom. The summed E-state index contributed by atoms with van der Waals surface area (Å²) in [5.41, 5.74) is 0. The van der Waals surface area contributed by atoms with Gasteiger partial charge in [-0.25, -0.2) is 0 Å². The summed E-state index contributed by atoms with van der Waals surface area (Å²) in [4.78, 5) is 10.4. The predicted octanol–water partition coefficient (Wildman–Crippen LogP) is 1.02. The van der Waals surface area contributed by atoms with Crippen LogP contribution in [0.1, 0.15) is 13.3 Å². The fourth-order valence-electron chi connectivity index (χ4n) is 0.368. The third-order valence-electron chi connectivity index (χ3n) is 0.743. The fraction of sp³-hybridized carbons (Fsp3) is 0.667. The standard InChI is InChI=1S/C6H11O2/c1-5(2)4-6(7)8-3/h5H,1,4H2,2-3H3. The Kier molecular flexibility index (Phi) is 3.24. The summed E-state index contributed by atoms with van der Waals surface area (Å²) < 4.78 is 4.38. The number of methoxy groups -OCH3 is 1. The van der Waals surface area contributed by atoms with Gasteiger partial charge in [-0.3, -0.25) is 4.79 Å². The Labute approximate surface area is 49.8 Å². The molecule has 0 amide bonds. The van der Waals surface area contributed by atoms with E-state index in [1.807, 2.05) is 6.92 Å². The van der Waals surface area contributed by atoms with E-state index in [2.05, 4.69) is 11.7 Å². The van der Waals surface area contributed by atoms with Crippen LogP contribution in [0.3, 0.4) is 0 Å². The van der Waals surface area contributed by atoms with E-state index in [1.165, 1.54) is 7.11 Å². The highest BCUT2D eigenvalue weighted by atomic mass is 16.5. The molecule has 0 saturated carbocycles. The van der Waals surface area contributed by atoms with Crippen molar-refractivity contribution < 1.29 is 9.53 Å². The van der Waals surface area contributed by atoms with Gasteiger partial charge in [-0.1, -0.05) is 6.92 Å². The Morgan fingerprint density at radius 1 is 1.88 bits per heavy atom. The first kappa shape index (κ1) is 7.47. The number of carbonyl (C=O) groups excluding carboxylic acids is 1. The minimum Gasteiger partial charge on any atom is -0.469 e. The van der Waals surface area contributed by atoms with Gasteiger partial charge in [-0.2, -0.15) is 0 Å². The van der Waals surface area contributed by atoms with Crippen LogP contribution >= 0.6 is 0 Å².